The van der Waals surface area contributed by atoms with E-state index < -0.39 is 18.0 Å². The van der Waals surface area contributed by atoms with Gasteiger partial charge in [-0.3, -0.25) is 4.79 Å². The van der Waals surface area contributed by atoms with Gasteiger partial charge in [0.2, 0.25) is 0 Å². The van der Waals surface area contributed by atoms with Crippen molar-refractivity contribution in [1.29, 1.82) is 0 Å². The van der Waals surface area contributed by atoms with Gasteiger partial charge in [0.15, 0.2) is 0 Å². The summed E-state index contributed by atoms with van der Waals surface area (Å²) in [5, 5.41) is 13.8. The third-order valence-electron chi connectivity index (χ3n) is 2.90. The second-order valence-corrected chi connectivity index (χ2v) is 4.85. The summed E-state index contributed by atoms with van der Waals surface area (Å²) in [5.74, 6) is -1.30. The zero-order valence-corrected chi connectivity index (χ0v) is 11.7. The molecule has 0 aliphatic rings. The SMILES string of the molecule is Cc1ccc(C(C)NC(=O)NC(C)CC(=O)O)cc1F. The Morgan fingerprint density at radius 3 is 2.50 bits per heavy atom. The second kappa shape index (κ2) is 6.88. The van der Waals surface area contributed by atoms with Crippen LogP contribution in [0.1, 0.15) is 37.4 Å². The smallest absolute Gasteiger partial charge is 0.315 e. The fraction of sp³-hybridized carbons (Fsp3) is 0.429. The van der Waals surface area contributed by atoms with Crippen LogP contribution in [-0.2, 0) is 4.79 Å². The number of aryl methyl sites for hydroxylation is 1. The Labute approximate surface area is 117 Å². The second-order valence-electron chi connectivity index (χ2n) is 4.85. The molecule has 110 valence electrons. The molecule has 0 saturated carbocycles. The average Bonchev–Trinajstić information content (AvgIpc) is 2.30. The molecule has 20 heavy (non-hydrogen) atoms. The van der Waals surface area contributed by atoms with Crippen LogP contribution in [-0.4, -0.2) is 23.1 Å². The van der Waals surface area contributed by atoms with E-state index in [0.29, 0.717) is 11.1 Å². The van der Waals surface area contributed by atoms with Crippen molar-refractivity contribution in [3.05, 3.63) is 35.1 Å². The van der Waals surface area contributed by atoms with Crippen LogP contribution in [0.4, 0.5) is 9.18 Å². The maximum Gasteiger partial charge on any atom is 0.315 e. The zero-order valence-electron chi connectivity index (χ0n) is 11.7. The van der Waals surface area contributed by atoms with Gasteiger partial charge in [0.25, 0.3) is 0 Å². The standard InChI is InChI=1S/C14H19FN2O3/c1-8-4-5-11(7-12(8)15)10(3)17-14(20)16-9(2)6-13(18)19/h4-5,7,9-10H,6H2,1-3H3,(H,18,19)(H2,16,17,20). The van der Waals surface area contributed by atoms with E-state index >= 15 is 0 Å². The summed E-state index contributed by atoms with van der Waals surface area (Å²) in [4.78, 5) is 22.2. The van der Waals surface area contributed by atoms with Gasteiger partial charge in [-0.25, -0.2) is 9.18 Å². The molecule has 2 unspecified atom stereocenters. The number of carbonyl (C=O) groups is 2. The van der Waals surface area contributed by atoms with Crippen molar-refractivity contribution >= 4 is 12.0 Å². The van der Waals surface area contributed by atoms with Gasteiger partial charge in [-0.05, 0) is 38.0 Å². The number of halogens is 1. The number of rotatable bonds is 5. The van der Waals surface area contributed by atoms with E-state index in [1.165, 1.54) is 6.07 Å². The van der Waals surface area contributed by atoms with E-state index in [-0.39, 0.29) is 18.3 Å². The molecule has 0 fully saturated rings. The monoisotopic (exact) mass is 282 g/mol. The lowest BCUT2D eigenvalue weighted by atomic mass is 10.1. The van der Waals surface area contributed by atoms with E-state index in [9.17, 15) is 14.0 Å². The highest BCUT2D eigenvalue weighted by atomic mass is 19.1. The highest BCUT2D eigenvalue weighted by molar-refractivity contribution is 5.76. The lowest BCUT2D eigenvalue weighted by Gasteiger charge is -2.18. The topological polar surface area (TPSA) is 78.4 Å². The van der Waals surface area contributed by atoms with E-state index in [1.807, 2.05) is 0 Å². The summed E-state index contributed by atoms with van der Waals surface area (Å²) in [7, 11) is 0. The first kappa shape index (κ1) is 15.9. The van der Waals surface area contributed by atoms with Crippen LogP contribution in [0.2, 0.25) is 0 Å². The summed E-state index contributed by atoms with van der Waals surface area (Å²) in [6.07, 6.45) is -0.152. The van der Waals surface area contributed by atoms with Gasteiger partial charge in [-0.15, -0.1) is 0 Å². The summed E-state index contributed by atoms with van der Waals surface area (Å²) in [6.45, 7) is 4.99. The van der Waals surface area contributed by atoms with Gasteiger partial charge in [0, 0.05) is 6.04 Å². The van der Waals surface area contributed by atoms with Crippen molar-refractivity contribution in [2.45, 2.75) is 39.3 Å². The molecule has 1 rings (SSSR count). The Morgan fingerprint density at radius 1 is 1.30 bits per heavy atom. The van der Waals surface area contributed by atoms with Crippen molar-refractivity contribution in [3.63, 3.8) is 0 Å². The number of benzene rings is 1. The van der Waals surface area contributed by atoms with Crippen LogP contribution in [0.5, 0.6) is 0 Å². The molecule has 0 bridgehead atoms. The first-order chi connectivity index (χ1) is 9.29. The van der Waals surface area contributed by atoms with Gasteiger partial charge in [0.1, 0.15) is 5.82 Å². The average molecular weight is 282 g/mol. The predicted octanol–water partition coefficient (Wildman–Crippen LogP) is 2.36. The van der Waals surface area contributed by atoms with Crippen LogP contribution in [0.3, 0.4) is 0 Å². The lowest BCUT2D eigenvalue weighted by Crippen LogP contribution is -2.42. The third kappa shape index (κ3) is 4.87. The van der Waals surface area contributed by atoms with Crippen molar-refractivity contribution in [2.24, 2.45) is 0 Å². The summed E-state index contributed by atoms with van der Waals surface area (Å²) >= 11 is 0. The van der Waals surface area contributed by atoms with Gasteiger partial charge < -0.3 is 15.7 Å². The van der Waals surface area contributed by atoms with Crippen molar-refractivity contribution < 1.29 is 19.1 Å². The van der Waals surface area contributed by atoms with Gasteiger partial charge in [0.05, 0.1) is 12.5 Å². The van der Waals surface area contributed by atoms with Gasteiger partial charge in [-0.2, -0.15) is 0 Å². The number of carboxylic acid groups (broad SMARTS) is 1. The van der Waals surface area contributed by atoms with Crippen molar-refractivity contribution in [3.8, 4) is 0 Å². The molecule has 0 aromatic heterocycles. The van der Waals surface area contributed by atoms with Crippen LogP contribution in [0.25, 0.3) is 0 Å². The van der Waals surface area contributed by atoms with Crippen molar-refractivity contribution in [2.75, 3.05) is 0 Å². The molecule has 0 saturated heterocycles. The molecular formula is C14H19FN2O3. The van der Waals surface area contributed by atoms with Crippen LogP contribution < -0.4 is 10.6 Å². The number of amides is 2. The summed E-state index contributed by atoms with van der Waals surface area (Å²) in [6, 6.07) is 3.43. The van der Waals surface area contributed by atoms with Crippen LogP contribution >= 0.6 is 0 Å². The molecule has 2 amide bonds. The molecule has 1 aromatic rings. The normalized spacial score (nSPS) is 13.4. The maximum absolute atomic E-state index is 13.4. The highest BCUT2D eigenvalue weighted by Gasteiger charge is 2.14. The molecule has 0 spiro atoms. The number of hydrogen-bond acceptors (Lipinski definition) is 2. The number of carbonyl (C=O) groups excluding carboxylic acids is 1. The molecule has 0 aliphatic carbocycles. The van der Waals surface area contributed by atoms with Gasteiger partial charge >= 0.3 is 12.0 Å². The van der Waals surface area contributed by atoms with Crippen LogP contribution in [0.15, 0.2) is 18.2 Å². The Hall–Kier alpha value is -2.11. The lowest BCUT2D eigenvalue weighted by molar-refractivity contribution is -0.137. The minimum Gasteiger partial charge on any atom is -0.481 e. The van der Waals surface area contributed by atoms with E-state index in [4.69, 9.17) is 5.11 Å². The third-order valence-corrected chi connectivity index (χ3v) is 2.90. The molecular weight excluding hydrogens is 263 g/mol. The van der Waals surface area contributed by atoms with Crippen LogP contribution in [0, 0.1) is 12.7 Å². The van der Waals surface area contributed by atoms with E-state index in [1.54, 1.807) is 32.9 Å². The fourth-order valence-corrected chi connectivity index (χ4v) is 1.74. The first-order valence-electron chi connectivity index (χ1n) is 6.34. The molecule has 5 nitrogen and oxygen atoms in total. The number of aliphatic carboxylic acids is 1. The molecule has 0 heterocycles. The molecule has 6 heteroatoms. The fourth-order valence-electron chi connectivity index (χ4n) is 1.74. The summed E-state index contributed by atoms with van der Waals surface area (Å²) in [5.41, 5.74) is 1.19. The highest BCUT2D eigenvalue weighted by Crippen LogP contribution is 2.16. The Bertz CT molecular complexity index is 505. The Balaban J connectivity index is 2.56. The maximum atomic E-state index is 13.4. The van der Waals surface area contributed by atoms with Gasteiger partial charge in [-0.1, -0.05) is 12.1 Å². The number of nitrogens with one attached hydrogen (secondary N) is 2. The zero-order chi connectivity index (χ0) is 15.3. The molecule has 2 atom stereocenters. The number of hydrogen-bond donors (Lipinski definition) is 3. The Kier molecular flexibility index (Phi) is 5.49. The van der Waals surface area contributed by atoms with E-state index in [0.717, 1.165) is 0 Å². The molecule has 1 aromatic carbocycles. The number of carboxylic acids is 1. The number of urea groups is 1. The predicted molar refractivity (Wildman–Crippen MR) is 72.9 cm³/mol. The molecule has 3 N–H and O–H groups in total. The minimum atomic E-state index is -0.980. The molecule has 0 radical (unpaired) electrons. The molecule has 0 aliphatic heterocycles. The Morgan fingerprint density at radius 2 is 1.95 bits per heavy atom. The van der Waals surface area contributed by atoms with E-state index in [2.05, 4.69) is 10.6 Å². The minimum absolute atomic E-state index is 0.152. The summed E-state index contributed by atoms with van der Waals surface area (Å²) < 4.78 is 13.4. The first-order valence-corrected chi connectivity index (χ1v) is 6.34. The quantitative estimate of drug-likeness (QED) is 0.775. The largest absolute Gasteiger partial charge is 0.481 e. The van der Waals surface area contributed by atoms with Crippen molar-refractivity contribution in [1.82, 2.24) is 10.6 Å².